The van der Waals surface area contributed by atoms with Crippen LogP contribution < -0.4 is 5.73 Å². The molecule has 0 spiro atoms. The average molecular weight is 245 g/mol. The van der Waals surface area contributed by atoms with Gasteiger partial charge in [0.2, 0.25) is 0 Å². The van der Waals surface area contributed by atoms with Crippen molar-refractivity contribution < 1.29 is 9.53 Å². The Kier molecular flexibility index (Phi) is 5.75. The van der Waals surface area contributed by atoms with E-state index in [0.717, 1.165) is 12.2 Å². The van der Waals surface area contributed by atoms with Crippen LogP contribution >= 0.6 is 23.1 Å². The SMILES string of the molecule is COC(=O)C(N)CSCCc1ccsc1. The average Bonchev–Trinajstić information content (AvgIpc) is 2.75. The van der Waals surface area contributed by atoms with Crippen molar-refractivity contribution in [2.45, 2.75) is 12.5 Å². The zero-order chi connectivity index (χ0) is 11.1. The molecule has 0 aliphatic rings. The molecular formula is C10H15NO2S2. The summed E-state index contributed by atoms with van der Waals surface area (Å²) in [6, 6.07) is 1.62. The molecule has 0 aliphatic carbocycles. The van der Waals surface area contributed by atoms with Crippen molar-refractivity contribution in [3.05, 3.63) is 22.4 Å². The van der Waals surface area contributed by atoms with Gasteiger partial charge in [-0.05, 0) is 34.6 Å². The van der Waals surface area contributed by atoms with Gasteiger partial charge in [-0.25, -0.2) is 0 Å². The van der Waals surface area contributed by atoms with Crippen LogP contribution in [0.4, 0.5) is 0 Å². The van der Waals surface area contributed by atoms with Crippen molar-refractivity contribution in [2.24, 2.45) is 5.73 Å². The molecule has 5 heteroatoms. The molecule has 0 saturated carbocycles. The number of esters is 1. The van der Waals surface area contributed by atoms with E-state index in [1.807, 2.05) is 0 Å². The molecular weight excluding hydrogens is 230 g/mol. The molecule has 1 aromatic heterocycles. The highest BCUT2D eigenvalue weighted by molar-refractivity contribution is 7.99. The van der Waals surface area contributed by atoms with Crippen molar-refractivity contribution in [1.29, 1.82) is 0 Å². The van der Waals surface area contributed by atoms with Crippen molar-refractivity contribution in [3.63, 3.8) is 0 Å². The minimum atomic E-state index is -0.498. The second-order valence-electron chi connectivity index (χ2n) is 3.09. The van der Waals surface area contributed by atoms with Crippen LogP contribution in [-0.4, -0.2) is 30.6 Å². The van der Waals surface area contributed by atoms with E-state index in [1.165, 1.54) is 12.7 Å². The van der Waals surface area contributed by atoms with Gasteiger partial charge in [0.05, 0.1) is 7.11 Å². The van der Waals surface area contributed by atoms with E-state index in [4.69, 9.17) is 5.73 Å². The Balaban J connectivity index is 2.09. The lowest BCUT2D eigenvalue weighted by Crippen LogP contribution is -2.33. The summed E-state index contributed by atoms with van der Waals surface area (Å²) in [4.78, 5) is 11.0. The smallest absolute Gasteiger partial charge is 0.323 e. The first kappa shape index (κ1) is 12.5. The molecule has 1 heterocycles. The zero-order valence-corrected chi connectivity index (χ0v) is 10.3. The fourth-order valence-corrected chi connectivity index (χ4v) is 2.69. The Morgan fingerprint density at radius 2 is 2.53 bits per heavy atom. The Morgan fingerprint density at radius 1 is 1.73 bits per heavy atom. The van der Waals surface area contributed by atoms with Gasteiger partial charge in [-0.3, -0.25) is 4.79 Å². The highest BCUT2D eigenvalue weighted by atomic mass is 32.2. The molecule has 0 amide bonds. The second-order valence-corrected chi connectivity index (χ2v) is 5.02. The standard InChI is InChI=1S/C10H15NO2S2/c1-13-10(12)9(11)7-15-5-3-8-2-4-14-6-8/h2,4,6,9H,3,5,7,11H2,1H3. The minimum absolute atomic E-state index is 0.335. The van der Waals surface area contributed by atoms with Crippen molar-refractivity contribution in [2.75, 3.05) is 18.6 Å². The molecule has 3 nitrogen and oxygen atoms in total. The molecule has 0 saturated heterocycles. The third kappa shape index (κ3) is 4.68. The van der Waals surface area contributed by atoms with Gasteiger partial charge >= 0.3 is 5.97 Å². The minimum Gasteiger partial charge on any atom is -0.468 e. The topological polar surface area (TPSA) is 52.3 Å². The lowest BCUT2D eigenvalue weighted by molar-refractivity contribution is -0.141. The van der Waals surface area contributed by atoms with E-state index in [9.17, 15) is 4.79 Å². The monoisotopic (exact) mass is 245 g/mol. The molecule has 1 rings (SSSR count). The summed E-state index contributed by atoms with van der Waals surface area (Å²) in [5.41, 5.74) is 6.94. The fraction of sp³-hybridized carbons (Fsp3) is 0.500. The van der Waals surface area contributed by atoms with Crippen LogP contribution in [-0.2, 0) is 16.0 Å². The number of methoxy groups -OCH3 is 1. The first-order valence-electron chi connectivity index (χ1n) is 4.66. The van der Waals surface area contributed by atoms with E-state index >= 15 is 0 Å². The molecule has 1 unspecified atom stereocenters. The Bertz CT molecular complexity index is 288. The Morgan fingerprint density at radius 3 is 3.13 bits per heavy atom. The number of carbonyl (C=O) groups excluding carboxylic acids is 1. The summed E-state index contributed by atoms with van der Waals surface area (Å²) in [7, 11) is 1.36. The highest BCUT2D eigenvalue weighted by Gasteiger charge is 2.12. The normalized spacial score (nSPS) is 12.4. The molecule has 0 radical (unpaired) electrons. The number of hydrogen-bond acceptors (Lipinski definition) is 5. The quantitative estimate of drug-likeness (QED) is 0.610. The van der Waals surface area contributed by atoms with Crippen molar-refractivity contribution in [1.82, 2.24) is 0 Å². The maximum atomic E-state index is 11.0. The molecule has 84 valence electrons. The summed E-state index contributed by atoms with van der Waals surface area (Å²) in [5, 5.41) is 4.21. The number of carbonyl (C=O) groups is 1. The molecule has 1 aromatic rings. The number of aryl methyl sites for hydroxylation is 1. The molecule has 0 aromatic carbocycles. The number of rotatable bonds is 6. The van der Waals surface area contributed by atoms with Gasteiger partial charge in [-0.1, -0.05) is 0 Å². The third-order valence-electron chi connectivity index (χ3n) is 1.92. The Labute approximate surface area is 98.0 Å². The summed E-state index contributed by atoms with van der Waals surface area (Å²) in [6.45, 7) is 0. The van der Waals surface area contributed by atoms with Gasteiger partial charge in [0, 0.05) is 5.75 Å². The predicted molar refractivity (Wildman–Crippen MR) is 65.3 cm³/mol. The van der Waals surface area contributed by atoms with Crippen molar-refractivity contribution in [3.8, 4) is 0 Å². The summed E-state index contributed by atoms with van der Waals surface area (Å²) in [5.74, 6) is 1.27. The second kappa shape index (κ2) is 6.87. The van der Waals surface area contributed by atoms with Crippen LogP contribution in [0.2, 0.25) is 0 Å². The van der Waals surface area contributed by atoms with E-state index in [2.05, 4.69) is 21.6 Å². The van der Waals surface area contributed by atoms with Gasteiger partial charge in [0.25, 0.3) is 0 Å². The fourth-order valence-electron chi connectivity index (χ4n) is 1.05. The van der Waals surface area contributed by atoms with Gasteiger partial charge in [0.1, 0.15) is 6.04 Å². The number of hydrogen-bond donors (Lipinski definition) is 1. The molecule has 2 N–H and O–H groups in total. The van der Waals surface area contributed by atoms with Crippen molar-refractivity contribution >= 4 is 29.1 Å². The highest BCUT2D eigenvalue weighted by Crippen LogP contribution is 2.11. The first-order chi connectivity index (χ1) is 7.24. The molecule has 0 aliphatic heterocycles. The van der Waals surface area contributed by atoms with Gasteiger partial charge in [-0.15, -0.1) is 0 Å². The third-order valence-corrected chi connectivity index (χ3v) is 3.74. The van der Waals surface area contributed by atoms with Gasteiger partial charge in [-0.2, -0.15) is 23.1 Å². The number of thioether (sulfide) groups is 1. The van der Waals surface area contributed by atoms with E-state index in [-0.39, 0.29) is 5.97 Å². The maximum Gasteiger partial charge on any atom is 0.323 e. The number of ether oxygens (including phenoxy) is 1. The molecule has 1 atom stereocenters. The van der Waals surface area contributed by atoms with E-state index in [1.54, 1.807) is 23.1 Å². The molecule has 0 fully saturated rings. The molecule has 15 heavy (non-hydrogen) atoms. The maximum absolute atomic E-state index is 11.0. The number of nitrogens with two attached hydrogens (primary N) is 1. The summed E-state index contributed by atoms with van der Waals surface area (Å²) in [6.07, 6.45) is 1.03. The summed E-state index contributed by atoms with van der Waals surface area (Å²) < 4.78 is 4.54. The van der Waals surface area contributed by atoms with Gasteiger partial charge in [0.15, 0.2) is 0 Å². The zero-order valence-electron chi connectivity index (χ0n) is 8.64. The van der Waals surface area contributed by atoms with Crippen LogP contribution in [0.3, 0.4) is 0 Å². The van der Waals surface area contributed by atoms with Crippen LogP contribution in [0.15, 0.2) is 16.8 Å². The first-order valence-corrected chi connectivity index (χ1v) is 6.76. The molecule has 0 bridgehead atoms. The van der Waals surface area contributed by atoms with E-state index in [0.29, 0.717) is 5.75 Å². The Hall–Kier alpha value is -0.520. The lowest BCUT2D eigenvalue weighted by Gasteiger charge is -2.07. The largest absolute Gasteiger partial charge is 0.468 e. The predicted octanol–water partition coefficient (Wildman–Crippen LogP) is 1.52. The lowest BCUT2D eigenvalue weighted by atomic mass is 10.3. The van der Waals surface area contributed by atoms with E-state index < -0.39 is 6.04 Å². The summed E-state index contributed by atoms with van der Waals surface area (Å²) >= 11 is 3.39. The van der Waals surface area contributed by atoms with Crippen LogP contribution in [0.5, 0.6) is 0 Å². The van der Waals surface area contributed by atoms with Gasteiger partial charge < -0.3 is 10.5 Å². The number of thiophene rings is 1. The van der Waals surface area contributed by atoms with Crippen LogP contribution in [0.1, 0.15) is 5.56 Å². The van der Waals surface area contributed by atoms with Crippen LogP contribution in [0.25, 0.3) is 0 Å². The van der Waals surface area contributed by atoms with Crippen LogP contribution in [0, 0.1) is 0 Å².